The molecule has 5 nitrogen and oxygen atoms in total. The largest absolute Gasteiger partial charge is 0.475 e. The van der Waals surface area contributed by atoms with Gasteiger partial charge < -0.3 is 9.63 Å². The Bertz CT molecular complexity index is 581. The van der Waals surface area contributed by atoms with E-state index in [1.54, 1.807) is 24.3 Å². The molecule has 0 unspecified atom stereocenters. The van der Waals surface area contributed by atoms with Crippen LogP contribution in [0.1, 0.15) is 16.1 Å². The van der Waals surface area contributed by atoms with Crippen LogP contribution in [-0.2, 0) is 0 Å². The van der Waals surface area contributed by atoms with Crippen LogP contribution in [-0.4, -0.2) is 16.2 Å². The van der Waals surface area contributed by atoms with Crippen LogP contribution >= 0.6 is 0 Å². The molecule has 1 aromatic carbocycles. The van der Waals surface area contributed by atoms with Crippen molar-refractivity contribution in [2.75, 3.05) is 0 Å². The fourth-order valence-corrected chi connectivity index (χ4v) is 1.31. The summed E-state index contributed by atoms with van der Waals surface area (Å²) in [6.07, 6.45) is 0. The van der Waals surface area contributed by atoms with E-state index in [0.29, 0.717) is 16.8 Å². The number of hydrogen-bond donors (Lipinski definition) is 1. The molecule has 16 heavy (non-hydrogen) atoms. The van der Waals surface area contributed by atoms with Gasteiger partial charge in [0.25, 0.3) is 0 Å². The van der Waals surface area contributed by atoms with E-state index in [0.717, 1.165) is 0 Å². The summed E-state index contributed by atoms with van der Waals surface area (Å²) in [5.74, 6) is -1.43. The maximum Gasteiger partial charge on any atom is 0.374 e. The normalized spacial score (nSPS) is 9.69. The van der Waals surface area contributed by atoms with Gasteiger partial charge >= 0.3 is 5.97 Å². The van der Waals surface area contributed by atoms with E-state index < -0.39 is 5.97 Å². The van der Waals surface area contributed by atoms with Gasteiger partial charge in [-0.15, -0.1) is 0 Å². The van der Waals surface area contributed by atoms with Crippen molar-refractivity contribution in [3.8, 4) is 17.3 Å². The van der Waals surface area contributed by atoms with Gasteiger partial charge in [0.1, 0.15) is 5.69 Å². The van der Waals surface area contributed by atoms with Crippen molar-refractivity contribution >= 4 is 5.97 Å². The molecule has 0 aliphatic heterocycles. The highest BCUT2D eigenvalue weighted by molar-refractivity contribution is 5.86. The molecule has 0 bridgehead atoms. The molecule has 0 aliphatic carbocycles. The number of nitriles is 1. The van der Waals surface area contributed by atoms with Gasteiger partial charge in [-0.3, -0.25) is 0 Å². The van der Waals surface area contributed by atoms with Gasteiger partial charge in [-0.05, 0) is 6.07 Å². The van der Waals surface area contributed by atoms with Crippen molar-refractivity contribution in [3.63, 3.8) is 0 Å². The standard InChI is InChI=1S/C11H6N2O3/c12-6-7-3-1-2-4-8(7)9-5-10(11(14)15)16-13-9/h1-5H,(H,14,15). The Balaban J connectivity index is 2.51. The smallest absolute Gasteiger partial charge is 0.374 e. The zero-order valence-electron chi connectivity index (χ0n) is 8.04. The second-order valence-corrected chi connectivity index (χ2v) is 3.04. The van der Waals surface area contributed by atoms with E-state index in [9.17, 15) is 4.79 Å². The highest BCUT2D eigenvalue weighted by atomic mass is 16.5. The van der Waals surface area contributed by atoms with E-state index in [2.05, 4.69) is 9.68 Å². The molecular weight excluding hydrogens is 208 g/mol. The number of aromatic nitrogens is 1. The van der Waals surface area contributed by atoms with Gasteiger partial charge in [0, 0.05) is 11.6 Å². The van der Waals surface area contributed by atoms with Crippen LogP contribution in [0.5, 0.6) is 0 Å². The monoisotopic (exact) mass is 214 g/mol. The van der Waals surface area contributed by atoms with E-state index in [1.807, 2.05) is 6.07 Å². The van der Waals surface area contributed by atoms with Crippen LogP contribution in [0.15, 0.2) is 34.9 Å². The van der Waals surface area contributed by atoms with Crippen LogP contribution < -0.4 is 0 Å². The molecular formula is C11H6N2O3. The average molecular weight is 214 g/mol. The first-order valence-electron chi connectivity index (χ1n) is 4.42. The Kier molecular flexibility index (Phi) is 2.40. The molecule has 0 fully saturated rings. The summed E-state index contributed by atoms with van der Waals surface area (Å²) >= 11 is 0. The number of carbonyl (C=O) groups is 1. The van der Waals surface area contributed by atoms with Crippen molar-refractivity contribution in [2.24, 2.45) is 0 Å². The fraction of sp³-hybridized carbons (Fsp3) is 0. The highest BCUT2D eigenvalue weighted by Crippen LogP contribution is 2.22. The maximum absolute atomic E-state index is 10.6. The van der Waals surface area contributed by atoms with Crippen LogP contribution in [0, 0.1) is 11.3 Å². The summed E-state index contributed by atoms with van der Waals surface area (Å²) in [4.78, 5) is 10.6. The first kappa shape index (κ1) is 9.93. The number of rotatable bonds is 2. The van der Waals surface area contributed by atoms with Crippen molar-refractivity contribution in [2.45, 2.75) is 0 Å². The summed E-state index contributed by atoms with van der Waals surface area (Å²) in [5, 5.41) is 21.2. The lowest BCUT2D eigenvalue weighted by atomic mass is 10.1. The van der Waals surface area contributed by atoms with Gasteiger partial charge in [0.05, 0.1) is 11.6 Å². The molecule has 0 saturated carbocycles. The Labute approximate surface area is 90.5 Å². The Morgan fingerprint density at radius 1 is 1.44 bits per heavy atom. The van der Waals surface area contributed by atoms with Crippen molar-refractivity contribution in [1.29, 1.82) is 5.26 Å². The molecule has 0 aliphatic rings. The average Bonchev–Trinajstić information content (AvgIpc) is 2.78. The van der Waals surface area contributed by atoms with Crippen LogP contribution in [0.4, 0.5) is 0 Å². The summed E-state index contributed by atoms with van der Waals surface area (Å²) < 4.78 is 4.62. The van der Waals surface area contributed by atoms with Gasteiger partial charge in [-0.25, -0.2) is 4.79 Å². The number of carboxylic acids is 1. The quantitative estimate of drug-likeness (QED) is 0.824. The third-order valence-electron chi connectivity index (χ3n) is 2.04. The number of hydrogen-bond acceptors (Lipinski definition) is 4. The third-order valence-corrected chi connectivity index (χ3v) is 2.04. The number of aromatic carboxylic acids is 1. The molecule has 2 rings (SSSR count). The Morgan fingerprint density at radius 2 is 2.19 bits per heavy atom. The number of nitrogens with zero attached hydrogens (tertiary/aromatic N) is 2. The summed E-state index contributed by atoms with van der Waals surface area (Å²) in [6, 6.07) is 10.1. The van der Waals surface area contributed by atoms with Crippen molar-refractivity contribution < 1.29 is 14.4 Å². The van der Waals surface area contributed by atoms with Crippen molar-refractivity contribution in [3.05, 3.63) is 41.7 Å². The Hall–Kier alpha value is -2.61. The van der Waals surface area contributed by atoms with Gasteiger partial charge in [-0.1, -0.05) is 23.4 Å². The minimum atomic E-state index is -1.19. The third kappa shape index (κ3) is 1.64. The molecule has 1 N–H and O–H groups in total. The molecule has 5 heteroatoms. The molecule has 0 amide bonds. The second kappa shape index (κ2) is 3.87. The van der Waals surface area contributed by atoms with E-state index in [1.165, 1.54) is 6.07 Å². The first-order chi connectivity index (χ1) is 7.72. The minimum Gasteiger partial charge on any atom is -0.475 e. The predicted octanol–water partition coefficient (Wildman–Crippen LogP) is 1.91. The van der Waals surface area contributed by atoms with E-state index >= 15 is 0 Å². The maximum atomic E-state index is 10.6. The van der Waals surface area contributed by atoms with Crippen LogP contribution in [0.2, 0.25) is 0 Å². The lowest BCUT2D eigenvalue weighted by Gasteiger charge is -1.96. The predicted molar refractivity (Wildman–Crippen MR) is 53.6 cm³/mol. The molecule has 0 saturated heterocycles. The lowest BCUT2D eigenvalue weighted by molar-refractivity contribution is 0.0652. The minimum absolute atomic E-state index is 0.247. The number of carboxylic acid groups (broad SMARTS) is 1. The molecule has 0 radical (unpaired) electrons. The van der Waals surface area contributed by atoms with E-state index in [-0.39, 0.29) is 5.76 Å². The van der Waals surface area contributed by atoms with Gasteiger partial charge in [0.15, 0.2) is 0 Å². The SMILES string of the molecule is N#Cc1ccccc1-c1cc(C(=O)O)on1. The zero-order chi connectivity index (χ0) is 11.5. The van der Waals surface area contributed by atoms with Crippen LogP contribution in [0.25, 0.3) is 11.3 Å². The fourth-order valence-electron chi connectivity index (χ4n) is 1.31. The van der Waals surface area contributed by atoms with Crippen molar-refractivity contribution in [1.82, 2.24) is 5.16 Å². The molecule has 0 atom stereocenters. The molecule has 1 heterocycles. The molecule has 78 valence electrons. The lowest BCUT2D eigenvalue weighted by Crippen LogP contribution is -1.91. The molecule has 2 aromatic rings. The second-order valence-electron chi connectivity index (χ2n) is 3.04. The summed E-state index contributed by atoms with van der Waals surface area (Å²) in [7, 11) is 0. The molecule has 0 spiro atoms. The summed E-state index contributed by atoms with van der Waals surface area (Å²) in [5.41, 5.74) is 1.32. The van der Waals surface area contributed by atoms with Gasteiger partial charge in [-0.2, -0.15) is 5.26 Å². The first-order valence-corrected chi connectivity index (χ1v) is 4.42. The summed E-state index contributed by atoms with van der Waals surface area (Å²) in [6.45, 7) is 0. The van der Waals surface area contributed by atoms with Gasteiger partial charge in [0.2, 0.25) is 5.76 Å². The highest BCUT2D eigenvalue weighted by Gasteiger charge is 2.14. The topological polar surface area (TPSA) is 87.1 Å². The Morgan fingerprint density at radius 3 is 2.81 bits per heavy atom. The van der Waals surface area contributed by atoms with Crippen LogP contribution in [0.3, 0.4) is 0 Å². The van der Waals surface area contributed by atoms with E-state index in [4.69, 9.17) is 10.4 Å². The number of benzene rings is 1. The molecule has 1 aromatic heterocycles. The zero-order valence-corrected chi connectivity index (χ0v) is 8.04.